The summed E-state index contributed by atoms with van der Waals surface area (Å²) in [6.45, 7) is 2.78. The predicted octanol–water partition coefficient (Wildman–Crippen LogP) is 2.32. The summed E-state index contributed by atoms with van der Waals surface area (Å²) in [5, 5.41) is 2.59. The number of amides is 3. The highest BCUT2D eigenvalue weighted by atomic mass is 16.5. The lowest BCUT2D eigenvalue weighted by atomic mass is 9.81. The number of ether oxygens (including phenoxy) is 1. The van der Waals surface area contributed by atoms with Crippen molar-refractivity contribution in [1.82, 2.24) is 4.90 Å². The van der Waals surface area contributed by atoms with Crippen LogP contribution in [-0.2, 0) is 23.9 Å². The van der Waals surface area contributed by atoms with Crippen LogP contribution in [0, 0.1) is 11.8 Å². The Kier molecular flexibility index (Phi) is 6.64. The summed E-state index contributed by atoms with van der Waals surface area (Å²) in [6, 6.07) is 6.55. The summed E-state index contributed by atoms with van der Waals surface area (Å²) in [5.74, 6) is -2.37. The summed E-state index contributed by atoms with van der Waals surface area (Å²) < 4.78 is 5.15. The van der Waals surface area contributed by atoms with Crippen LogP contribution < -0.4 is 5.32 Å². The number of hydrogen-bond acceptors (Lipinski definition) is 6. The molecule has 0 unspecified atom stereocenters. The number of Topliss-reactive ketones (excluding diaryl/α,β-unsaturated/α-hetero) is 1. The zero-order valence-electron chi connectivity index (χ0n) is 17.2. The molecule has 0 radical (unpaired) electrons. The smallest absolute Gasteiger partial charge is 0.308 e. The van der Waals surface area contributed by atoms with Crippen molar-refractivity contribution in [2.24, 2.45) is 11.8 Å². The van der Waals surface area contributed by atoms with Crippen molar-refractivity contribution >= 4 is 35.2 Å². The van der Waals surface area contributed by atoms with E-state index in [2.05, 4.69) is 5.32 Å². The van der Waals surface area contributed by atoms with Crippen molar-refractivity contribution < 1.29 is 28.7 Å². The van der Waals surface area contributed by atoms with Gasteiger partial charge in [0, 0.05) is 12.1 Å². The van der Waals surface area contributed by atoms with Crippen molar-refractivity contribution in [3.8, 4) is 0 Å². The first-order valence-electron chi connectivity index (χ1n) is 10.2. The van der Waals surface area contributed by atoms with Crippen molar-refractivity contribution in [1.29, 1.82) is 0 Å². The lowest BCUT2D eigenvalue weighted by molar-refractivity contribution is -0.154. The number of likely N-dealkylation sites (tertiary alicyclic amines) is 1. The summed E-state index contributed by atoms with van der Waals surface area (Å²) in [7, 11) is 0. The zero-order chi connectivity index (χ0) is 21.8. The molecule has 1 aliphatic carbocycles. The van der Waals surface area contributed by atoms with Gasteiger partial charge in [-0.3, -0.25) is 28.9 Å². The molecule has 0 aromatic heterocycles. The number of nitrogens with one attached hydrogen (secondary N) is 1. The van der Waals surface area contributed by atoms with Crippen LogP contribution in [0.5, 0.6) is 0 Å². The second-order valence-electron chi connectivity index (χ2n) is 7.80. The molecule has 30 heavy (non-hydrogen) atoms. The minimum Gasteiger partial charge on any atom is -0.452 e. The van der Waals surface area contributed by atoms with Gasteiger partial charge in [-0.2, -0.15) is 0 Å². The van der Waals surface area contributed by atoms with E-state index >= 15 is 0 Å². The van der Waals surface area contributed by atoms with Crippen molar-refractivity contribution in [2.75, 3.05) is 11.9 Å². The number of nitrogens with zero attached hydrogens (tertiary/aromatic N) is 1. The molecule has 2 aliphatic rings. The van der Waals surface area contributed by atoms with E-state index in [4.69, 9.17) is 4.74 Å². The van der Waals surface area contributed by atoms with Crippen LogP contribution in [0.3, 0.4) is 0 Å². The number of carbonyl (C=O) groups is 5. The first-order valence-corrected chi connectivity index (χ1v) is 10.2. The summed E-state index contributed by atoms with van der Waals surface area (Å²) in [4.78, 5) is 62.2. The number of rotatable bonds is 7. The maximum atomic E-state index is 12.4. The Morgan fingerprint density at radius 3 is 2.30 bits per heavy atom. The maximum absolute atomic E-state index is 12.4. The summed E-state index contributed by atoms with van der Waals surface area (Å²) in [5.41, 5.74) is 0.700. The van der Waals surface area contributed by atoms with Gasteiger partial charge < -0.3 is 10.1 Å². The van der Waals surface area contributed by atoms with Crippen LogP contribution in [0.15, 0.2) is 24.3 Å². The zero-order valence-corrected chi connectivity index (χ0v) is 17.2. The molecular formula is C22H26N2O6. The number of anilines is 1. The van der Waals surface area contributed by atoms with Crippen molar-refractivity contribution in [3.63, 3.8) is 0 Å². The number of esters is 1. The molecule has 1 aromatic carbocycles. The first kappa shape index (κ1) is 21.7. The maximum Gasteiger partial charge on any atom is 0.308 e. The molecule has 3 atom stereocenters. The van der Waals surface area contributed by atoms with Gasteiger partial charge in [-0.25, -0.2) is 0 Å². The first-order chi connectivity index (χ1) is 14.3. The topological polar surface area (TPSA) is 110 Å². The number of para-hydroxylation sites is 1. The highest BCUT2D eigenvalue weighted by Crippen LogP contribution is 2.38. The molecule has 1 heterocycles. The van der Waals surface area contributed by atoms with Gasteiger partial charge in [-0.05, 0) is 38.8 Å². The van der Waals surface area contributed by atoms with E-state index in [1.165, 1.54) is 13.8 Å². The predicted molar refractivity (Wildman–Crippen MR) is 107 cm³/mol. The molecule has 1 N–H and O–H groups in total. The van der Waals surface area contributed by atoms with Gasteiger partial charge in [0.25, 0.3) is 5.91 Å². The molecule has 3 rings (SSSR count). The van der Waals surface area contributed by atoms with E-state index in [0.717, 1.165) is 30.6 Å². The van der Waals surface area contributed by atoms with Gasteiger partial charge in [0.1, 0.15) is 0 Å². The van der Waals surface area contributed by atoms with E-state index < -0.39 is 18.0 Å². The Balaban J connectivity index is 1.51. The second-order valence-corrected chi connectivity index (χ2v) is 7.80. The molecule has 8 nitrogen and oxygen atoms in total. The number of ketones is 1. The third kappa shape index (κ3) is 4.58. The van der Waals surface area contributed by atoms with E-state index in [-0.39, 0.29) is 42.4 Å². The Morgan fingerprint density at radius 1 is 1.10 bits per heavy atom. The molecule has 0 spiro atoms. The molecule has 1 saturated heterocycles. The minimum atomic E-state index is -1.09. The molecule has 8 heteroatoms. The lowest BCUT2D eigenvalue weighted by Crippen LogP contribution is -2.35. The Morgan fingerprint density at radius 2 is 1.70 bits per heavy atom. The van der Waals surface area contributed by atoms with Gasteiger partial charge >= 0.3 is 5.97 Å². The molecule has 3 amide bonds. The van der Waals surface area contributed by atoms with E-state index in [0.29, 0.717) is 11.3 Å². The van der Waals surface area contributed by atoms with E-state index in [1.54, 1.807) is 24.3 Å². The highest BCUT2D eigenvalue weighted by molar-refractivity contribution is 6.06. The average molecular weight is 414 g/mol. The average Bonchev–Trinajstić information content (AvgIpc) is 2.97. The molecule has 1 aromatic rings. The van der Waals surface area contributed by atoms with Crippen molar-refractivity contribution in [3.05, 3.63) is 29.8 Å². The molecule has 160 valence electrons. The quantitative estimate of drug-likeness (QED) is 0.417. The highest BCUT2D eigenvalue weighted by Gasteiger charge is 2.47. The van der Waals surface area contributed by atoms with Crippen LogP contribution in [0.2, 0.25) is 0 Å². The molecule has 1 aliphatic heterocycles. The third-order valence-corrected chi connectivity index (χ3v) is 5.71. The summed E-state index contributed by atoms with van der Waals surface area (Å²) in [6.07, 6.45) is 2.05. The second kappa shape index (κ2) is 9.19. The van der Waals surface area contributed by atoms with Crippen LogP contribution in [-0.4, -0.2) is 47.0 Å². The summed E-state index contributed by atoms with van der Waals surface area (Å²) >= 11 is 0. The van der Waals surface area contributed by atoms with Gasteiger partial charge in [0.2, 0.25) is 11.8 Å². The lowest BCUT2D eigenvalue weighted by Gasteiger charge is -2.19. The van der Waals surface area contributed by atoms with Gasteiger partial charge in [-0.15, -0.1) is 0 Å². The fraction of sp³-hybridized carbons (Fsp3) is 0.500. The van der Waals surface area contributed by atoms with Crippen LogP contribution in [0.1, 0.15) is 56.3 Å². The Bertz CT molecular complexity index is 856. The fourth-order valence-corrected chi connectivity index (χ4v) is 4.10. The number of hydrogen-bond donors (Lipinski definition) is 1. The number of imide groups is 1. The molecular weight excluding hydrogens is 388 g/mol. The van der Waals surface area contributed by atoms with Gasteiger partial charge in [0.15, 0.2) is 11.9 Å². The molecule has 0 bridgehead atoms. The molecule has 2 fully saturated rings. The largest absolute Gasteiger partial charge is 0.452 e. The molecule has 1 saturated carbocycles. The minimum absolute atomic E-state index is 0.0367. The Labute approximate surface area is 174 Å². The van der Waals surface area contributed by atoms with Crippen LogP contribution in [0.4, 0.5) is 5.69 Å². The van der Waals surface area contributed by atoms with Crippen LogP contribution >= 0.6 is 0 Å². The fourth-order valence-electron chi connectivity index (χ4n) is 4.10. The van der Waals surface area contributed by atoms with Gasteiger partial charge in [0.05, 0.1) is 23.9 Å². The SMILES string of the molecule is CC(=O)c1ccccc1NC(=O)[C@@H](C)OC(=O)CCN1C(=O)[C@H]2CCCC[C@@H]2C1=O. The monoisotopic (exact) mass is 414 g/mol. The number of fused-ring (bicyclic) bond motifs is 1. The van der Waals surface area contributed by atoms with E-state index in [1.807, 2.05) is 0 Å². The van der Waals surface area contributed by atoms with Crippen LogP contribution in [0.25, 0.3) is 0 Å². The van der Waals surface area contributed by atoms with Crippen molar-refractivity contribution in [2.45, 2.75) is 52.1 Å². The van der Waals surface area contributed by atoms with Gasteiger partial charge in [-0.1, -0.05) is 25.0 Å². The normalized spacial score (nSPS) is 21.7. The number of benzene rings is 1. The van der Waals surface area contributed by atoms with E-state index in [9.17, 15) is 24.0 Å². The Hall–Kier alpha value is -3.03. The standard InChI is InChI=1S/C22H26N2O6/c1-13(25)15-7-5-6-10-18(15)23-20(27)14(2)30-19(26)11-12-24-21(28)16-8-3-4-9-17(16)22(24)29/h5-7,10,14,16-17H,3-4,8-9,11-12H2,1-2H3,(H,23,27)/t14-,16+,17+/m1/s1. The number of carbonyl (C=O) groups excluding carboxylic acids is 5. The third-order valence-electron chi connectivity index (χ3n) is 5.71.